The Morgan fingerprint density at radius 2 is 1.36 bits per heavy atom. The quantitative estimate of drug-likeness (QED) is 0.117. The molecule has 0 saturated heterocycles. The second kappa shape index (κ2) is 18.0. The summed E-state index contributed by atoms with van der Waals surface area (Å²) in [5.74, 6) is -0.513. The minimum Gasteiger partial charge on any atom is -0.493 e. The molecule has 0 aliphatic carbocycles. The first-order valence-corrected chi connectivity index (χ1v) is 18.1. The standard InChI is InChI=1S/C40H39F2N3O7S/c1-50-37-21-10-29(25-38(37)51-2)22-23-43-40(47)36(24-28-6-4-3-5-7-28)45(26-30-8-11-31(41)12-9-30)39(46)27-52-34-17-19-35(20-18-34)53(48,49)44-33-15-13-32(42)14-16-33/h3-21,25,36,44H,22-24,26-27H2,1-2H3,(H,43,47)/t36-/m0/s1. The number of carbonyl (C=O) groups excluding carboxylic acids is 2. The molecule has 10 nitrogen and oxygen atoms in total. The molecule has 1 atom stereocenters. The highest BCUT2D eigenvalue weighted by Gasteiger charge is 2.31. The van der Waals surface area contributed by atoms with E-state index < -0.39 is 46.1 Å². The lowest BCUT2D eigenvalue weighted by atomic mass is 10.0. The normalized spacial score (nSPS) is 11.6. The van der Waals surface area contributed by atoms with E-state index in [9.17, 15) is 26.8 Å². The summed E-state index contributed by atoms with van der Waals surface area (Å²) < 4.78 is 71.7. The number of nitrogens with zero attached hydrogens (tertiary/aromatic N) is 1. The number of anilines is 1. The summed E-state index contributed by atoms with van der Waals surface area (Å²) in [7, 11) is -0.900. The van der Waals surface area contributed by atoms with E-state index in [2.05, 4.69) is 10.0 Å². The van der Waals surface area contributed by atoms with Gasteiger partial charge in [0.15, 0.2) is 18.1 Å². The van der Waals surface area contributed by atoms with Crippen LogP contribution < -0.4 is 24.2 Å². The van der Waals surface area contributed by atoms with Crippen molar-refractivity contribution in [2.24, 2.45) is 0 Å². The first kappa shape index (κ1) is 38.3. The minimum absolute atomic E-state index is 0.0185. The van der Waals surface area contributed by atoms with Gasteiger partial charge in [-0.3, -0.25) is 14.3 Å². The molecule has 0 unspecified atom stereocenters. The minimum atomic E-state index is -3.99. The largest absolute Gasteiger partial charge is 0.493 e. The van der Waals surface area contributed by atoms with E-state index in [4.69, 9.17) is 14.2 Å². The van der Waals surface area contributed by atoms with Crippen LogP contribution in [0.3, 0.4) is 0 Å². The van der Waals surface area contributed by atoms with Crippen LogP contribution in [0.4, 0.5) is 14.5 Å². The lowest BCUT2D eigenvalue weighted by Gasteiger charge is -2.31. The Bertz CT molecular complexity index is 2080. The predicted octanol–water partition coefficient (Wildman–Crippen LogP) is 6.16. The van der Waals surface area contributed by atoms with Gasteiger partial charge in [-0.15, -0.1) is 0 Å². The third-order valence-electron chi connectivity index (χ3n) is 8.29. The molecule has 0 bridgehead atoms. The van der Waals surface area contributed by atoms with Gasteiger partial charge < -0.3 is 24.4 Å². The lowest BCUT2D eigenvalue weighted by molar-refractivity contribution is -0.142. The van der Waals surface area contributed by atoms with Crippen LogP contribution in [0.15, 0.2) is 126 Å². The van der Waals surface area contributed by atoms with Crippen LogP contribution in [0.25, 0.3) is 0 Å². The van der Waals surface area contributed by atoms with E-state index in [1.165, 1.54) is 53.4 Å². The summed E-state index contributed by atoms with van der Waals surface area (Å²) in [6.07, 6.45) is 0.661. The molecular formula is C40H39F2N3O7S. The second-order valence-electron chi connectivity index (χ2n) is 12.0. The van der Waals surface area contributed by atoms with Crippen molar-refractivity contribution >= 4 is 27.5 Å². The summed E-state index contributed by atoms with van der Waals surface area (Å²) in [6, 6.07) is 29.7. The number of hydrogen-bond donors (Lipinski definition) is 2. The zero-order chi connectivity index (χ0) is 37.8. The van der Waals surface area contributed by atoms with Crippen molar-refractivity contribution in [3.05, 3.63) is 150 Å². The summed E-state index contributed by atoms with van der Waals surface area (Å²) in [5, 5.41) is 2.97. The van der Waals surface area contributed by atoms with Gasteiger partial charge in [0.25, 0.3) is 15.9 Å². The lowest BCUT2D eigenvalue weighted by Crippen LogP contribution is -2.52. The Hall–Kier alpha value is -5.95. The smallest absolute Gasteiger partial charge is 0.261 e. The van der Waals surface area contributed by atoms with E-state index in [0.717, 1.165) is 23.3 Å². The highest BCUT2D eigenvalue weighted by molar-refractivity contribution is 7.92. The zero-order valence-electron chi connectivity index (χ0n) is 29.1. The molecule has 0 aliphatic rings. The van der Waals surface area contributed by atoms with E-state index in [0.29, 0.717) is 23.5 Å². The number of amides is 2. The number of nitrogens with one attached hydrogen (secondary N) is 2. The van der Waals surface area contributed by atoms with E-state index in [1.54, 1.807) is 32.4 Å². The number of methoxy groups -OCH3 is 2. The van der Waals surface area contributed by atoms with Crippen molar-refractivity contribution in [2.75, 3.05) is 32.1 Å². The fourth-order valence-corrected chi connectivity index (χ4v) is 6.56. The molecule has 0 aromatic heterocycles. The van der Waals surface area contributed by atoms with Crippen molar-refractivity contribution in [3.8, 4) is 17.2 Å². The Labute approximate surface area is 307 Å². The van der Waals surface area contributed by atoms with Crippen LogP contribution in [0.5, 0.6) is 17.2 Å². The fourth-order valence-electron chi connectivity index (χ4n) is 5.50. The van der Waals surface area contributed by atoms with Crippen molar-refractivity contribution < 1.29 is 41.0 Å². The Morgan fingerprint density at radius 3 is 2.00 bits per heavy atom. The van der Waals surface area contributed by atoms with E-state index in [1.807, 2.05) is 42.5 Å². The van der Waals surface area contributed by atoms with Crippen molar-refractivity contribution in [1.29, 1.82) is 0 Å². The van der Waals surface area contributed by atoms with Gasteiger partial charge in [-0.25, -0.2) is 17.2 Å². The molecule has 13 heteroatoms. The zero-order valence-corrected chi connectivity index (χ0v) is 29.9. The molecule has 5 rings (SSSR count). The van der Waals surface area contributed by atoms with Gasteiger partial charge in [0.05, 0.1) is 19.1 Å². The highest BCUT2D eigenvalue weighted by atomic mass is 32.2. The van der Waals surface area contributed by atoms with Gasteiger partial charge in [-0.1, -0.05) is 48.5 Å². The van der Waals surface area contributed by atoms with E-state index >= 15 is 0 Å². The summed E-state index contributed by atoms with van der Waals surface area (Å²) in [5.41, 5.74) is 2.50. The number of halogens is 2. The first-order chi connectivity index (χ1) is 25.5. The molecule has 0 fully saturated rings. The van der Waals surface area contributed by atoms with Crippen LogP contribution in [-0.4, -0.2) is 58.5 Å². The molecule has 0 heterocycles. The summed E-state index contributed by atoms with van der Waals surface area (Å²) >= 11 is 0. The van der Waals surface area contributed by atoms with Crippen LogP contribution in [0.1, 0.15) is 16.7 Å². The highest BCUT2D eigenvalue weighted by Crippen LogP contribution is 2.28. The molecule has 0 saturated carbocycles. The van der Waals surface area contributed by atoms with Gasteiger partial charge >= 0.3 is 0 Å². The van der Waals surface area contributed by atoms with Crippen LogP contribution >= 0.6 is 0 Å². The summed E-state index contributed by atoms with van der Waals surface area (Å²) in [4.78, 5) is 29.3. The Morgan fingerprint density at radius 1 is 0.736 bits per heavy atom. The molecule has 276 valence electrons. The molecule has 2 amide bonds. The van der Waals surface area contributed by atoms with Gasteiger partial charge in [0, 0.05) is 25.2 Å². The van der Waals surface area contributed by atoms with Crippen molar-refractivity contribution in [3.63, 3.8) is 0 Å². The fraction of sp³-hybridized carbons (Fsp3) is 0.200. The third kappa shape index (κ3) is 10.8. The topological polar surface area (TPSA) is 123 Å². The molecule has 53 heavy (non-hydrogen) atoms. The third-order valence-corrected chi connectivity index (χ3v) is 9.69. The molecule has 0 radical (unpaired) electrons. The SMILES string of the molecule is COc1ccc(CCNC(=O)[C@H](Cc2ccccc2)N(Cc2ccc(F)cc2)C(=O)COc2ccc(S(=O)(=O)Nc3ccc(F)cc3)cc2)cc1OC. The number of sulfonamides is 1. The number of rotatable bonds is 17. The van der Waals surface area contributed by atoms with Gasteiger partial charge in [0.2, 0.25) is 5.91 Å². The van der Waals surface area contributed by atoms with Gasteiger partial charge in [-0.05, 0) is 95.9 Å². The molecule has 2 N–H and O–H groups in total. The van der Waals surface area contributed by atoms with E-state index in [-0.39, 0.29) is 35.8 Å². The maximum absolute atomic E-state index is 14.0. The number of benzene rings is 5. The molecule has 5 aromatic rings. The van der Waals surface area contributed by atoms with Crippen LogP contribution in [0, 0.1) is 11.6 Å². The average molecular weight is 744 g/mol. The number of carbonyl (C=O) groups is 2. The number of hydrogen-bond acceptors (Lipinski definition) is 7. The van der Waals surface area contributed by atoms with Crippen molar-refractivity contribution in [2.45, 2.75) is 30.3 Å². The monoisotopic (exact) mass is 743 g/mol. The molecule has 0 aliphatic heterocycles. The van der Waals surface area contributed by atoms with Crippen molar-refractivity contribution in [1.82, 2.24) is 10.2 Å². The summed E-state index contributed by atoms with van der Waals surface area (Å²) in [6.45, 7) is -0.236. The first-order valence-electron chi connectivity index (χ1n) is 16.6. The maximum atomic E-state index is 14.0. The Kier molecular flexibility index (Phi) is 13.0. The second-order valence-corrected chi connectivity index (χ2v) is 13.6. The van der Waals surface area contributed by atoms with Gasteiger partial charge in [-0.2, -0.15) is 0 Å². The van der Waals surface area contributed by atoms with Crippen LogP contribution in [-0.2, 0) is 39.0 Å². The number of ether oxygens (including phenoxy) is 3. The predicted molar refractivity (Wildman–Crippen MR) is 196 cm³/mol. The van der Waals surface area contributed by atoms with Gasteiger partial charge in [0.1, 0.15) is 23.4 Å². The average Bonchev–Trinajstić information content (AvgIpc) is 3.17. The van der Waals surface area contributed by atoms with Crippen LogP contribution in [0.2, 0.25) is 0 Å². The molecular weight excluding hydrogens is 705 g/mol. The molecule has 5 aromatic carbocycles. The molecule has 0 spiro atoms. The maximum Gasteiger partial charge on any atom is 0.261 e. The Balaban J connectivity index is 1.33.